The van der Waals surface area contributed by atoms with E-state index < -0.39 is 24.4 Å². The van der Waals surface area contributed by atoms with Crippen LogP contribution in [-0.2, 0) is 4.79 Å². The number of carboxylic acid groups (broad SMARTS) is 1. The van der Waals surface area contributed by atoms with Crippen LogP contribution in [0, 0.1) is 0 Å². The number of piperidine rings is 1. The maximum Gasteiger partial charge on any atom is 0.573 e. The number of hydrogen-bond donors (Lipinski definition) is 2. The first-order valence-corrected chi connectivity index (χ1v) is 6.20. The van der Waals surface area contributed by atoms with E-state index in [0.717, 1.165) is 0 Å². The van der Waals surface area contributed by atoms with E-state index in [1.165, 1.54) is 18.2 Å². The van der Waals surface area contributed by atoms with Gasteiger partial charge in [-0.2, -0.15) is 0 Å². The zero-order valence-corrected chi connectivity index (χ0v) is 10.5. The maximum absolute atomic E-state index is 12.4. The molecule has 0 radical (unpaired) electrons. The summed E-state index contributed by atoms with van der Waals surface area (Å²) in [5, 5.41) is 11.8. The molecular weight excluding hydrogens is 275 g/mol. The van der Waals surface area contributed by atoms with Crippen LogP contribution >= 0.6 is 0 Å². The van der Waals surface area contributed by atoms with Gasteiger partial charge in [-0.15, -0.1) is 13.2 Å². The van der Waals surface area contributed by atoms with E-state index in [-0.39, 0.29) is 5.75 Å². The minimum Gasteiger partial charge on any atom is -0.480 e. The van der Waals surface area contributed by atoms with Gasteiger partial charge in [0.15, 0.2) is 0 Å². The lowest BCUT2D eigenvalue weighted by molar-refractivity contribution is -0.275. The number of nitrogens with one attached hydrogen (secondary N) is 1. The van der Waals surface area contributed by atoms with E-state index in [2.05, 4.69) is 10.1 Å². The Balaban J connectivity index is 2.21. The Morgan fingerprint density at radius 3 is 2.65 bits per heavy atom. The molecule has 1 aromatic rings. The molecule has 2 N–H and O–H groups in total. The molecule has 4 nitrogen and oxygen atoms in total. The minimum absolute atomic E-state index is 0.288. The zero-order chi connectivity index (χ0) is 14.8. The molecule has 20 heavy (non-hydrogen) atoms. The summed E-state index contributed by atoms with van der Waals surface area (Å²) in [5.74, 6) is -1.28. The summed E-state index contributed by atoms with van der Waals surface area (Å²) in [6, 6.07) is 4.60. The van der Waals surface area contributed by atoms with Crippen molar-refractivity contribution < 1.29 is 27.8 Å². The first-order chi connectivity index (χ1) is 9.37. The van der Waals surface area contributed by atoms with Gasteiger partial charge in [-0.05, 0) is 25.3 Å². The molecule has 0 amide bonds. The van der Waals surface area contributed by atoms with Crippen molar-refractivity contribution in [2.24, 2.45) is 0 Å². The summed E-state index contributed by atoms with van der Waals surface area (Å²) < 4.78 is 41.1. The smallest absolute Gasteiger partial charge is 0.480 e. The lowest BCUT2D eigenvalue weighted by Crippen LogP contribution is -2.42. The molecule has 1 aliphatic heterocycles. The number of rotatable bonds is 3. The van der Waals surface area contributed by atoms with Gasteiger partial charge in [0.25, 0.3) is 0 Å². The lowest BCUT2D eigenvalue weighted by atomic mass is 9.93. The fraction of sp³-hybridized carbons (Fsp3) is 0.462. The highest BCUT2D eigenvalue weighted by molar-refractivity contribution is 5.73. The molecule has 110 valence electrons. The number of ether oxygens (including phenoxy) is 1. The Morgan fingerprint density at radius 2 is 2.00 bits per heavy atom. The number of alkyl halides is 3. The molecule has 0 aromatic heterocycles. The summed E-state index contributed by atoms with van der Waals surface area (Å²) in [5.41, 5.74) is 0.329. The molecule has 0 bridgehead atoms. The second-order valence-corrected chi connectivity index (χ2v) is 4.63. The molecule has 0 spiro atoms. The number of aliphatic carboxylic acids is 1. The second-order valence-electron chi connectivity index (χ2n) is 4.63. The van der Waals surface area contributed by atoms with Crippen molar-refractivity contribution in [3.05, 3.63) is 29.8 Å². The molecule has 2 unspecified atom stereocenters. The van der Waals surface area contributed by atoms with E-state index in [1.54, 1.807) is 6.07 Å². The van der Waals surface area contributed by atoms with Gasteiger partial charge in [-0.1, -0.05) is 18.2 Å². The van der Waals surface area contributed by atoms with E-state index in [1.807, 2.05) is 0 Å². The third-order valence-electron chi connectivity index (χ3n) is 3.21. The second kappa shape index (κ2) is 5.70. The van der Waals surface area contributed by atoms with Crippen LogP contribution in [0.15, 0.2) is 24.3 Å². The van der Waals surface area contributed by atoms with Crippen LogP contribution < -0.4 is 10.1 Å². The molecule has 2 atom stereocenters. The number of benzene rings is 1. The summed E-state index contributed by atoms with van der Waals surface area (Å²) in [7, 11) is 0. The van der Waals surface area contributed by atoms with E-state index in [9.17, 15) is 18.0 Å². The van der Waals surface area contributed by atoms with Crippen LogP contribution in [0.25, 0.3) is 0 Å². The largest absolute Gasteiger partial charge is 0.573 e. The van der Waals surface area contributed by atoms with E-state index in [0.29, 0.717) is 24.8 Å². The average molecular weight is 289 g/mol. The molecule has 7 heteroatoms. The van der Waals surface area contributed by atoms with Crippen LogP contribution in [0.3, 0.4) is 0 Å². The van der Waals surface area contributed by atoms with Crippen molar-refractivity contribution in [3.63, 3.8) is 0 Å². The van der Waals surface area contributed by atoms with Gasteiger partial charge in [0.2, 0.25) is 0 Å². The van der Waals surface area contributed by atoms with Gasteiger partial charge in [0.1, 0.15) is 11.8 Å². The van der Waals surface area contributed by atoms with Crippen molar-refractivity contribution in [3.8, 4) is 5.75 Å². The van der Waals surface area contributed by atoms with Crippen LogP contribution in [0.1, 0.15) is 30.9 Å². The minimum atomic E-state index is -4.77. The topological polar surface area (TPSA) is 58.6 Å². The zero-order valence-electron chi connectivity index (χ0n) is 10.5. The Kier molecular flexibility index (Phi) is 4.17. The summed E-state index contributed by atoms with van der Waals surface area (Å²) in [4.78, 5) is 11.0. The summed E-state index contributed by atoms with van der Waals surface area (Å²) >= 11 is 0. The predicted octanol–water partition coefficient (Wildman–Crippen LogP) is 2.85. The lowest BCUT2D eigenvalue weighted by Gasteiger charge is -2.30. The monoisotopic (exact) mass is 289 g/mol. The van der Waals surface area contributed by atoms with Crippen LogP contribution in [0.5, 0.6) is 5.75 Å². The quantitative estimate of drug-likeness (QED) is 0.898. The Bertz CT molecular complexity index is 490. The number of carbonyl (C=O) groups is 1. The first-order valence-electron chi connectivity index (χ1n) is 6.20. The molecule has 1 aromatic carbocycles. The summed E-state index contributed by atoms with van der Waals surface area (Å²) in [6.45, 7) is 0. The van der Waals surface area contributed by atoms with Gasteiger partial charge in [-0.3, -0.25) is 10.1 Å². The van der Waals surface area contributed by atoms with Crippen molar-refractivity contribution in [2.45, 2.75) is 37.7 Å². The fourth-order valence-electron chi connectivity index (χ4n) is 2.36. The van der Waals surface area contributed by atoms with Crippen molar-refractivity contribution in [2.75, 3.05) is 0 Å². The normalized spacial score (nSPS) is 23.4. The van der Waals surface area contributed by atoms with Crippen LogP contribution in [-0.4, -0.2) is 23.5 Å². The Morgan fingerprint density at radius 1 is 1.30 bits per heavy atom. The van der Waals surface area contributed by atoms with Crippen molar-refractivity contribution >= 4 is 5.97 Å². The third-order valence-corrected chi connectivity index (χ3v) is 3.21. The van der Waals surface area contributed by atoms with Gasteiger partial charge in [-0.25, -0.2) is 0 Å². The standard InChI is InChI=1S/C13H14F3NO3/c14-13(15,16)20-11-7-2-1-4-8(11)9-5-3-6-10(17-9)12(18)19/h1-2,4,7,9-10,17H,3,5-6H2,(H,18,19). The summed E-state index contributed by atoms with van der Waals surface area (Å²) in [6.07, 6.45) is -3.10. The predicted molar refractivity (Wildman–Crippen MR) is 64.3 cm³/mol. The highest BCUT2D eigenvalue weighted by Crippen LogP contribution is 2.34. The van der Waals surface area contributed by atoms with Gasteiger partial charge in [0, 0.05) is 11.6 Å². The molecule has 1 aliphatic rings. The fourth-order valence-corrected chi connectivity index (χ4v) is 2.36. The van der Waals surface area contributed by atoms with Gasteiger partial charge >= 0.3 is 12.3 Å². The number of hydrogen-bond acceptors (Lipinski definition) is 3. The third kappa shape index (κ3) is 3.63. The molecule has 1 saturated heterocycles. The maximum atomic E-state index is 12.4. The number of para-hydroxylation sites is 1. The highest BCUT2D eigenvalue weighted by atomic mass is 19.4. The van der Waals surface area contributed by atoms with Gasteiger partial charge < -0.3 is 9.84 Å². The molecular formula is C13H14F3NO3. The van der Waals surface area contributed by atoms with E-state index in [4.69, 9.17) is 5.11 Å². The average Bonchev–Trinajstić information content (AvgIpc) is 2.37. The van der Waals surface area contributed by atoms with Crippen LogP contribution in [0.2, 0.25) is 0 Å². The van der Waals surface area contributed by atoms with Crippen LogP contribution in [0.4, 0.5) is 13.2 Å². The number of halogens is 3. The Hall–Kier alpha value is -1.76. The SMILES string of the molecule is O=C(O)C1CCCC(c2ccccc2OC(F)(F)F)N1. The number of carboxylic acids is 1. The first kappa shape index (κ1) is 14.6. The van der Waals surface area contributed by atoms with Crippen molar-refractivity contribution in [1.29, 1.82) is 0 Å². The molecule has 0 aliphatic carbocycles. The highest BCUT2D eigenvalue weighted by Gasteiger charge is 2.34. The molecule has 2 rings (SSSR count). The molecule has 0 saturated carbocycles. The van der Waals surface area contributed by atoms with Gasteiger partial charge in [0.05, 0.1) is 0 Å². The Labute approximate surface area is 113 Å². The molecule has 1 heterocycles. The van der Waals surface area contributed by atoms with Crippen molar-refractivity contribution in [1.82, 2.24) is 5.32 Å². The molecule has 1 fully saturated rings. The van der Waals surface area contributed by atoms with E-state index >= 15 is 0 Å².